The zero-order chi connectivity index (χ0) is 15.9. The van der Waals surface area contributed by atoms with Crippen molar-refractivity contribution in [3.05, 3.63) is 65.2 Å². The van der Waals surface area contributed by atoms with Crippen LogP contribution in [0.15, 0.2) is 53.5 Å². The maximum Gasteiger partial charge on any atom is 0.193 e. The lowest BCUT2D eigenvalue weighted by atomic mass is 10.0. The van der Waals surface area contributed by atoms with Gasteiger partial charge in [-0.2, -0.15) is 5.26 Å². The van der Waals surface area contributed by atoms with Crippen molar-refractivity contribution in [2.45, 2.75) is 26.3 Å². The van der Waals surface area contributed by atoms with Gasteiger partial charge in [-0.05, 0) is 41.3 Å². The average Bonchev–Trinajstić information content (AvgIpc) is 2.53. The molecule has 0 bridgehead atoms. The highest BCUT2D eigenvalue weighted by atomic mass is 15.1. The van der Waals surface area contributed by atoms with E-state index < -0.39 is 0 Å². The van der Waals surface area contributed by atoms with Crippen molar-refractivity contribution in [3.63, 3.8) is 0 Å². The van der Waals surface area contributed by atoms with E-state index in [1.165, 1.54) is 5.56 Å². The topological polar surface area (TPSA) is 74.2 Å². The molecule has 0 aliphatic heterocycles. The Hall–Kier alpha value is -2.80. The number of hydrogen-bond donors (Lipinski definition) is 2. The Morgan fingerprint density at radius 3 is 2.73 bits per heavy atom. The minimum atomic E-state index is 0.364. The first-order valence-corrected chi connectivity index (χ1v) is 7.24. The van der Waals surface area contributed by atoms with Crippen LogP contribution in [0, 0.1) is 11.3 Å². The molecule has 3 N–H and O–H groups in total. The second kappa shape index (κ2) is 7.28. The normalized spacial score (nSPS) is 11.3. The van der Waals surface area contributed by atoms with Crippen LogP contribution in [-0.4, -0.2) is 5.96 Å². The van der Waals surface area contributed by atoms with E-state index in [0.717, 1.165) is 11.3 Å². The number of rotatable bonds is 4. The molecule has 0 amide bonds. The van der Waals surface area contributed by atoms with Gasteiger partial charge in [-0.15, -0.1) is 0 Å². The molecule has 0 unspecified atom stereocenters. The Morgan fingerprint density at radius 2 is 2.00 bits per heavy atom. The molecule has 22 heavy (non-hydrogen) atoms. The van der Waals surface area contributed by atoms with Crippen molar-refractivity contribution in [2.24, 2.45) is 10.7 Å². The molecule has 0 atom stereocenters. The third kappa shape index (κ3) is 4.35. The molecule has 4 nitrogen and oxygen atoms in total. The highest BCUT2D eigenvalue weighted by Gasteiger charge is 2.01. The van der Waals surface area contributed by atoms with E-state index in [1.807, 2.05) is 30.3 Å². The monoisotopic (exact) mass is 292 g/mol. The molecule has 0 aliphatic rings. The van der Waals surface area contributed by atoms with Crippen molar-refractivity contribution in [1.82, 2.24) is 0 Å². The van der Waals surface area contributed by atoms with E-state index in [4.69, 9.17) is 11.0 Å². The minimum Gasteiger partial charge on any atom is -0.370 e. The number of nitrogens with zero attached hydrogens (tertiary/aromatic N) is 2. The lowest BCUT2D eigenvalue weighted by Crippen LogP contribution is -2.22. The van der Waals surface area contributed by atoms with E-state index in [-0.39, 0.29) is 0 Å². The summed E-state index contributed by atoms with van der Waals surface area (Å²) in [7, 11) is 0. The van der Waals surface area contributed by atoms with Crippen LogP contribution in [-0.2, 0) is 6.54 Å². The van der Waals surface area contributed by atoms with Crippen LogP contribution in [0.2, 0.25) is 0 Å². The molecule has 2 aromatic carbocycles. The summed E-state index contributed by atoms with van der Waals surface area (Å²) in [5.41, 5.74) is 9.69. The lowest BCUT2D eigenvalue weighted by Gasteiger charge is -2.10. The Labute approximate surface area is 131 Å². The summed E-state index contributed by atoms with van der Waals surface area (Å²) in [6.07, 6.45) is 0. The van der Waals surface area contributed by atoms with Gasteiger partial charge in [0, 0.05) is 5.69 Å². The highest BCUT2D eigenvalue weighted by Crippen LogP contribution is 2.18. The van der Waals surface area contributed by atoms with E-state index in [9.17, 15) is 0 Å². The number of nitriles is 1. The fourth-order valence-corrected chi connectivity index (χ4v) is 2.08. The Kier molecular flexibility index (Phi) is 5.16. The summed E-state index contributed by atoms with van der Waals surface area (Å²) in [6, 6.07) is 17.6. The Bertz CT molecular complexity index is 711. The van der Waals surface area contributed by atoms with Crippen LogP contribution in [0.4, 0.5) is 5.69 Å². The van der Waals surface area contributed by atoms with Crippen LogP contribution >= 0.6 is 0 Å². The molecule has 0 saturated carbocycles. The van der Waals surface area contributed by atoms with Gasteiger partial charge in [0.15, 0.2) is 5.96 Å². The van der Waals surface area contributed by atoms with Gasteiger partial charge in [0.25, 0.3) is 0 Å². The van der Waals surface area contributed by atoms with Gasteiger partial charge >= 0.3 is 0 Å². The predicted octanol–water partition coefficient (Wildman–Crippen LogP) is 3.61. The van der Waals surface area contributed by atoms with Gasteiger partial charge in [0.1, 0.15) is 0 Å². The number of nitrogens with one attached hydrogen (secondary N) is 1. The van der Waals surface area contributed by atoms with E-state index in [1.54, 1.807) is 6.07 Å². The van der Waals surface area contributed by atoms with E-state index in [0.29, 0.717) is 24.0 Å². The van der Waals surface area contributed by atoms with Crippen LogP contribution in [0.3, 0.4) is 0 Å². The molecular formula is C18H20N4. The number of hydrogen-bond acceptors (Lipinski definition) is 2. The summed E-state index contributed by atoms with van der Waals surface area (Å²) < 4.78 is 0. The fraction of sp³-hybridized carbons (Fsp3) is 0.222. The second-order valence-electron chi connectivity index (χ2n) is 5.42. The quantitative estimate of drug-likeness (QED) is 0.667. The Balaban J connectivity index is 2.03. The largest absolute Gasteiger partial charge is 0.370 e. The maximum absolute atomic E-state index is 8.88. The summed E-state index contributed by atoms with van der Waals surface area (Å²) in [6.45, 7) is 4.75. The third-order valence-corrected chi connectivity index (χ3v) is 3.31. The second-order valence-corrected chi connectivity index (χ2v) is 5.42. The molecule has 0 heterocycles. The highest BCUT2D eigenvalue weighted by molar-refractivity contribution is 5.92. The van der Waals surface area contributed by atoms with Crippen molar-refractivity contribution >= 4 is 11.6 Å². The zero-order valence-corrected chi connectivity index (χ0v) is 12.9. The summed E-state index contributed by atoms with van der Waals surface area (Å²) in [5, 5.41) is 12.0. The maximum atomic E-state index is 8.88. The molecule has 2 aromatic rings. The van der Waals surface area contributed by atoms with Crippen LogP contribution in [0.25, 0.3) is 0 Å². The number of benzene rings is 2. The van der Waals surface area contributed by atoms with Crippen molar-refractivity contribution < 1.29 is 0 Å². The standard InChI is InChI=1S/C18H20N4/c1-13(2)16-7-4-8-17(10-16)22-18(20)21-12-15-6-3-5-14(9-15)11-19/h3-10,13H,12H2,1-2H3,(H3,20,21,22). The number of anilines is 1. The van der Waals surface area contributed by atoms with Crippen LogP contribution < -0.4 is 11.1 Å². The molecular weight excluding hydrogens is 272 g/mol. The minimum absolute atomic E-state index is 0.364. The van der Waals surface area contributed by atoms with E-state index in [2.05, 4.69) is 42.4 Å². The van der Waals surface area contributed by atoms with Gasteiger partial charge in [0.2, 0.25) is 0 Å². The molecule has 0 aliphatic carbocycles. The van der Waals surface area contributed by atoms with Gasteiger partial charge in [-0.1, -0.05) is 38.1 Å². The van der Waals surface area contributed by atoms with Gasteiger partial charge in [0.05, 0.1) is 18.2 Å². The first kappa shape index (κ1) is 15.6. The van der Waals surface area contributed by atoms with Gasteiger partial charge < -0.3 is 11.1 Å². The third-order valence-electron chi connectivity index (χ3n) is 3.31. The number of nitrogens with two attached hydrogens (primary N) is 1. The van der Waals surface area contributed by atoms with Crippen LogP contribution in [0.5, 0.6) is 0 Å². The van der Waals surface area contributed by atoms with E-state index >= 15 is 0 Å². The molecule has 0 radical (unpaired) electrons. The van der Waals surface area contributed by atoms with Crippen molar-refractivity contribution in [1.29, 1.82) is 5.26 Å². The van der Waals surface area contributed by atoms with Gasteiger partial charge in [-0.25, -0.2) is 4.99 Å². The SMILES string of the molecule is CC(C)c1cccc(NC(N)=NCc2cccc(C#N)c2)c1. The Morgan fingerprint density at radius 1 is 1.23 bits per heavy atom. The van der Waals surface area contributed by atoms with Gasteiger partial charge in [-0.3, -0.25) is 0 Å². The summed E-state index contributed by atoms with van der Waals surface area (Å²) in [4.78, 5) is 4.31. The molecule has 2 rings (SSSR count). The first-order chi connectivity index (χ1) is 10.6. The number of aliphatic imine (C=N–C) groups is 1. The molecule has 0 fully saturated rings. The molecule has 0 saturated heterocycles. The molecule has 4 heteroatoms. The average molecular weight is 292 g/mol. The zero-order valence-electron chi connectivity index (χ0n) is 12.9. The summed E-state index contributed by atoms with van der Waals surface area (Å²) >= 11 is 0. The smallest absolute Gasteiger partial charge is 0.193 e. The predicted molar refractivity (Wildman–Crippen MR) is 90.6 cm³/mol. The lowest BCUT2D eigenvalue weighted by molar-refractivity contribution is 0.867. The molecule has 0 spiro atoms. The first-order valence-electron chi connectivity index (χ1n) is 7.24. The van der Waals surface area contributed by atoms with Crippen molar-refractivity contribution in [3.8, 4) is 6.07 Å². The fourth-order valence-electron chi connectivity index (χ4n) is 2.08. The molecule has 0 aromatic heterocycles. The molecule has 112 valence electrons. The van der Waals surface area contributed by atoms with Crippen molar-refractivity contribution in [2.75, 3.05) is 5.32 Å². The summed E-state index contributed by atoms with van der Waals surface area (Å²) in [5.74, 6) is 0.830. The van der Waals surface area contributed by atoms with Crippen LogP contribution in [0.1, 0.15) is 36.5 Å². The number of guanidine groups is 1.